The molecule has 0 bridgehead atoms. The third-order valence-corrected chi connectivity index (χ3v) is 3.70. The third kappa shape index (κ3) is 2.24. The van der Waals surface area contributed by atoms with E-state index in [0.717, 1.165) is 5.69 Å². The van der Waals surface area contributed by atoms with Crippen LogP contribution in [-0.2, 0) is 0 Å². The van der Waals surface area contributed by atoms with Crippen molar-refractivity contribution in [2.45, 2.75) is 26.7 Å². The summed E-state index contributed by atoms with van der Waals surface area (Å²) < 4.78 is 1.69. The highest BCUT2D eigenvalue weighted by atomic mass is 35.5. The van der Waals surface area contributed by atoms with Gasteiger partial charge in [0.15, 0.2) is 5.15 Å². The van der Waals surface area contributed by atoms with Crippen LogP contribution in [0.25, 0.3) is 5.52 Å². The van der Waals surface area contributed by atoms with Gasteiger partial charge in [0.25, 0.3) is 0 Å². The largest absolute Gasteiger partial charge is 0.242 e. The molecule has 0 radical (unpaired) electrons. The van der Waals surface area contributed by atoms with Crippen LogP contribution in [0.1, 0.15) is 32.4 Å². The minimum Gasteiger partial charge on any atom is -0.230 e. The first-order valence-corrected chi connectivity index (χ1v) is 6.45. The molecule has 2 heterocycles. The Bertz CT molecular complexity index is 563. The van der Waals surface area contributed by atoms with Gasteiger partial charge < -0.3 is 0 Å². The lowest BCUT2D eigenvalue weighted by molar-refractivity contribution is 0.514. The molecule has 0 aromatic carbocycles. The highest BCUT2D eigenvalue weighted by molar-refractivity contribution is 6.39. The van der Waals surface area contributed by atoms with Gasteiger partial charge in [-0.1, -0.05) is 44.0 Å². The molecule has 0 saturated heterocycles. The fraction of sp³-hybridized carbons (Fsp3) is 0.455. The lowest BCUT2D eigenvalue weighted by Gasteiger charge is -2.14. The van der Waals surface area contributed by atoms with Crippen LogP contribution in [0.2, 0.25) is 15.5 Å². The van der Waals surface area contributed by atoms with Crippen LogP contribution in [0.3, 0.4) is 0 Å². The van der Waals surface area contributed by atoms with Crippen molar-refractivity contribution in [1.82, 2.24) is 14.6 Å². The van der Waals surface area contributed by atoms with Crippen molar-refractivity contribution in [3.63, 3.8) is 0 Å². The second kappa shape index (κ2) is 4.63. The van der Waals surface area contributed by atoms with Gasteiger partial charge in [0, 0.05) is 11.6 Å². The number of aromatic nitrogens is 3. The maximum atomic E-state index is 6.16. The summed E-state index contributed by atoms with van der Waals surface area (Å²) >= 11 is 18.0. The SMILES string of the molecule is CC(C)C(C)c1cc(Cl)c2c(Cl)nc(Cl)nn12. The van der Waals surface area contributed by atoms with Crippen molar-refractivity contribution in [3.05, 3.63) is 27.2 Å². The van der Waals surface area contributed by atoms with Gasteiger partial charge in [0.05, 0.1) is 5.02 Å². The molecule has 0 N–H and O–H groups in total. The standard InChI is InChI=1S/C11H12Cl3N3/c1-5(2)6(3)8-4-7(12)9-10(13)15-11(14)16-17(8)9/h4-6H,1-3H3. The minimum absolute atomic E-state index is 0.118. The molecule has 2 aromatic heterocycles. The summed E-state index contributed by atoms with van der Waals surface area (Å²) in [4.78, 5) is 3.89. The average molecular weight is 293 g/mol. The van der Waals surface area contributed by atoms with Crippen molar-refractivity contribution in [2.24, 2.45) is 5.92 Å². The summed E-state index contributed by atoms with van der Waals surface area (Å²) in [6, 6.07) is 1.87. The van der Waals surface area contributed by atoms with E-state index < -0.39 is 0 Å². The summed E-state index contributed by atoms with van der Waals surface area (Å²) in [6.07, 6.45) is 0. The smallest absolute Gasteiger partial charge is 0.230 e. The number of fused-ring (bicyclic) bond motifs is 1. The fourth-order valence-corrected chi connectivity index (χ4v) is 2.48. The number of nitrogens with zero attached hydrogens (tertiary/aromatic N) is 3. The monoisotopic (exact) mass is 291 g/mol. The van der Waals surface area contributed by atoms with Crippen molar-refractivity contribution >= 4 is 40.3 Å². The molecule has 1 unspecified atom stereocenters. The van der Waals surface area contributed by atoms with Gasteiger partial charge >= 0.3 is 0 Å². The number of hydrogen-bond donors (Lipinski definition) is 0. The van der Waals surface area contributed by atoms with Crippen LogP contribution in [0.5, 0.6) is 0 Å². The molecule has 3 nitrogen and oxygen atoms in total. The second-order valence-corrected chi connectivity index (χ2v) is 5.49. The van der Waals surface area contributed by atoms with Gasteiger partial charge in [-0.2, -0.15) is 0 Å². The third-order valence-electron chi connectivity index (χ3n) is 2.99. The van der Waals surface area contributed by atoms with Crippen LogP contribution in [-0.4, -0.2) is 14.6 Å². The van der Waals surface area contributed by atoms with Crippen molar-refractivity contribution in [1.29, 1.82) is 0 Å². The molecular formula is C11H12Cl3N3. The van der Waals surface area contributed by atoms with Crippen LogP contribution in [0, 0.1) is 5.92 Å². The molecule has 0 saturated carbocycles. The van der Waals surface area contributed by atoms with Crippen molar-refractivity contribution < 1.29 is 0 Å². The molecule has 92 valence electrons. The van der Waals surface area contributed by atoms with Gasteiger partial charge in [0.1, 0.15) is 5.52 Å². The van der Waals surface area contributed by atoms with E-state index in [0.29, 0.717) is 22.4 Å². The van der Waals surface area contributed by atoms with Gasteiger partial charge in [-0.15, -0.1) is 5.10 Å². The Hall–Kier alpha value is -0.510. The zero-order valence-electron chi connectivity index (χ0n) is 9.71. The van der Waals surface area contributed by atoms with E-state index in [2.05, 4.69) is 30.9 Å². The zero-order chi connectivity index (χ0) is 12.7. The summed E-state index contributed by atoms with van der Waals surface area (Å²) in [5.41, 5.74) is 1.60. The van der Waals surface area contributed by atoms with Crippen LogP contribution < -0.4 is 0 Å². The lowest BCUT2D eigenvalue weighted by Crippen LogP contribution is -2.08. The first-order valence-electron chi connectivity index (χ1n) is 5.32. The second-order valence-electron chi connectivity index (χ2n) is 4.38. The van der Waals surface area contributed by atoms with Gasteiger partial charge in [-0.05, 0) is 23.6 Å². The minimum atomic E-state index is 0.118. The zero-order valence-corrected chi connectivity index (χ0v) is 12.0. The Morgan fingerprint density at radius 1 is 1.18 bits per heavy atom. The number of hydrogen-bond acceptors (Lipinski definition) is 2. The van der Waals surface area contributed by atoms with E-state index in [1.54, 1.807) is 4.52 Å². The van der Waals surface area contributed by atoms with E-state index in [1.807, 2.05) is 6.07 Å². The summed E-state index contributed by atoms with van der Waals surface area (Å²) in [6.45, 7) is 6.40. The topological polar surface area (TPSA) is 30.2 Å². The van der Waals surface area contributed by atoms with Crippen LogP contribution in [0.4, 0.5) is 0 Å². The Labute approximate surface area is 115 Å². The molecule has 0 aliphatic carbocycles. The molecule has 0 amide bonds. The number of halogens is 3. The fourth-order valence-electron chi connectivity index (χ4n) is 1.69. The van der Waals surface area contributed by atoms with E-state index in [1.165, 1.54) is 0 Å². The molecular weight excluding hydrogens is 281 g/mol. The van der Waals surface area contributed by atoms with E-state index in [4.69, 9.17) is 34.8 Å². The molecule has 2 aromatic rings. The Kier molecular flexibility index (Phi) is 3.53. The Balaban J connectivity index is 2.74. The van der Waals surface area contributed by atoms with E-state index in [9.17, 15) is 0 Å². The summed E-state index contributed by atoms with van der Waals surface area (Å²) in [5, 5.41) is 5.11. The molecule has 1 atom stereocenters. The maximum Gasteiger partial charge on any atom is 0.242 e. The molecule has 2 rings (SSSR count). The average Bonchev–Trinajstić information content (AvgIpc) is 2.54. The van der Waals surface area contributed by atoms with Crippen LogP contribution >= 0.6 is 34.8 Å². The predicted molar refractivity (Wildman–Crippen MR) is 71.3 cm³/mol. The first-order chi connectivity index (χ1) is 7.91. The highest BCUT2D eigenvalue weighted by Gasteiger charge is 2.20. The quantitative estimate of drug-likeness (QED) is 0.818. The highest BCUT2D eigenvalue weighted by Crippen LogP contribution is 2.33. The van der Waals surface area contributed by atoms with E-state index >= 15 is 0 Å². The number of rotatable bonds is 2. The summed E-state index contributed by atoms with van der Waals surface area (Å²) in [5.74, 6) is 0.772. The predicted octanol–water partition coefficient (Wildman–Crippen LogP) is 4.45. The Morgan fingerprint density at radius 3 is 2.41 bits per heavy atom. The first kappa shape index (κ1) is 12.9. The van der Waals surface area contributed by atoms with Crippen LogP contribution in [0.15, 0.2) is 6.07 Å². The van der Waals surface area contributed by atoms with Crippen molar-refractivity contribution in [2.75, 3.05) is 0 Å². The molecule has 17 heavy (non-hydrogen) atoms. The molecule has 0 aliphatic rings. The molecule has 0 spiro atoms. The normalized spacial score (nSPS) is 13.6. The maximum absolute atomic E-state index is 6.16. The molecule has 0 fully saturated rings. The van der Waals surface area contributed by atoms with Gasteiger partial charge in [-0.25, -0.2) is 9.50 Å². The van der Waals surface area contributed by atoms with E-state index in [-0.39, 0.29) is 10.4 Å². The molecule has 6 heteroatoms. The van der Waals surface area contributed by atoms with Gasteiger partial charge in [-0.3, -0.25) is 0 Å². The summed E-state index contributed by atoms with van der Waals surface area (Å²) in [7, 11) is 0. The van der Waals surface area contributed by atoms with Gasteiger partial charge in [0.2, 0.25) is 5.28 Å². The van der Waals surface area contributed by atoms with Crippen molar-refractivity contribution in [3.8, 4) is 0 Å². The molecule has 0 aliphatic heterocycles. The lowest BCUT2D eigenvalue weighted by atomic mass is 9.95. The Morgan fingerprint density at radius 2 is 1.82 bits per heavy atom.